The number of nitrogens with two attached hydrogens (primary N) is 1. The van der Waals surface area contributed by atoms with E-state index in [1.165, 1.54) is 35.1 Å². The van der Waals surface area contributed by atoms with Crippen molar-refractivity contribution in [2.24, 2.45) is 53.6 Å². The van der Waals surface area contributed by atoms with E-state index in [1.807, 2.05) is 321 Å². The molecule has 0 radical (unpaired) electrons. The van der Waals surface area contributed by atoms with E-state index in [2.05, 4.69) is 165 Å². The Morgan fingerprint density at radius 3 is 1.01 bits per heavy atom. The van der Waals surface area contributed by atoms with Crippen molar-refractivity contribution in [2.75, 3.05) is 31.6 Å². The van der Waals surface area contributed by atoms with Crippen molar-refractivity contribution in [3.63, 3.8) is 0 Å². The Morgan fingerprint density at radius 2 is 0.723 bits per heavy atom. The van der Waals surface area contributed by atoms with Crippen molar-refractivity contribution < 1.29 is 151 Å². The first-order valence-corrected chi connectivity index (χ1v) is 48.0. The van der Waals surface area contributed by atoms with Crippen LogP contribution in [0, 0.1) is 37.9 Å². The van der Waals surface area contributed by atoms with E-state index in [1.54, 1.807) is 20.8 Å². The zero-order valence-electron chi connectivity index (χ0n) is 87.8. The number of carbonyl (C=O) groups is 2. The molecule has 1 heterocycles. The topological polar surface area (TPSA) is 178 Å². The number of alkyl halides is 2. The number of nitrogens with zero attached hydrogens (tertiary/aromatic N) is 2. The molecule has 10 nitrogen and oxygen atoms in total. The smallest absolute Gasteiger partial charge is 1.00 e. The molecule has 3 aliphatic rings. The second-order valence-corrected chi connectivity index (χ2v) is 35.6. The van der Waals surface area contributed by atoms with E-state index in [0.717, 1.165) is 72.4 Å². The number of aliphatic hydroxyl groups excluding tert-OH is 3. The molecule has 0 amide bonds. The minimum Gasteiger partial charge on any atom is -1.00 e. The number of hydrogen-bond acceptors (Lipinski definition) is 10. The van der Waals surface area contributed by atoms with Gasteiger partial charge < -0.3 is 43.3 Å². The van der Waals surface area contributed by atoms with Crippen LogP contribution in [0.15, 0.2) is 283 Å². The fraction of sp³-hybridized carbons (Fsp3) is 0.496. The van der Waals surface area contributed by atoms with Gasteiger partial charge in [0.15, 0.2) is 11.6 Å². The minimum absolute atomic E-state index is 0. The largest absolute Gasteiger partial charge is 1.00 e. The summed E-state index contributed by atoms with van der Waals surface area (Å²) in [5, 5.41) is 39.1. The van der Waals surface area contributed by atoms with Crippen molar-refractivity contribution in [2.45, 2.75) is 302 Å². The number of ketones is 2. The van der Waals surface area contributed by atoms with Crippen molar-refractivity contribution >= 4 is 46.7 Å². The average molecular weight is 1900 g/mol. The molecule has 1 aliphatic heterocycles. The van der Waals surface area contributed by atoms with Gasteiger partial charge in [-0.1, -0.05) is 501 Å². The molecule has 3 fully saturated rings. The van der Waals surface area contributed by atoms with Crippen LogP contribution in [0.3, 0.4) is 0 Å². The van der Waals surface area contributed by atoms with Gasteiger partial charge in [0.2, 0.25) is 0 Å². The van der Waals surface area contributed by atoms with Gasteiger partial charge in [-0.2, -0.15) is 0 Å². The Morgan fingerprint density at radius 1 is 0.438 bits per heavy atom. The van der Waals surface area contributed by atoms with Crippen LogP contribution in [0.25, 0.3) is 0 Å². The van der Waals surface area contributed by atoms with Crippen LogP contribution in [0.5, 0.6) is 0 Å². The predicted octanol–water partition coefficient (Wildman–Crippen LogP) is 22.4. The van der Waals surface area contributed by atoms with Gasteiger partial charge in [0.05, 0.1) is 30.9 Å². The Labute approximate surface area is 898 Å². The SMILES string of the molecule is C1CCOC1.CC.CC.CC.CC.CC.CC.CC.CC(C)(C)[O-].CC(C)(CCl)C(=NCc1ccccc1)c1ccccc1.CC(C)(CCl)C(=O)c1ccccc1.CC(C)(CO)C(O)c1ccccc1.CC1(C)CC1(N)c1ccccc1.CC1(C)CC1(N=Cc1ccccc1)c1ccccc1.CCC(C)(C)C(=O)c1ccccc1.CCC(C)(C)C(O)c1ccccc1.[Cl-].[HH].[K+].[K+]. The fourth-order valence-corrected chi connectivity index (χ4v) is 12.2. The summed E-state index contributed by atoms with van der Waals surface area (Å²) in [6.07, 6.45) is 7.67. The maximum Gasteiger partial charge on any atom is 1.00 e. The molecule has 2 aliphatic carbocycles. The molecule has 9 aromatic carbocycles. The number of Topliss-reactive ketones (excluding diaryl/α,β-unsaturated/α-hetero) is 2. The van der Waals surface area contributed by atoms with Crippen LogP contribution in [-0.2, 0) is 22.4 Å². The van der Waals surface area contributed by atoms with Gasteiger partial charge >= 0.3 is 103 Å². The number of rotatable bonds is 21. The molecule has 2 saturated carbocycles. The van der Waals surface area contributed by atoms with E-state index in [4.69, 9.17) is 48.8 Å². The van der Waals surface area contributed by atoms with E-state index < -0.39 is 22.5 Å². The van der Waals surface area contributed by atoms with Crippen molar-refractivity contribution in [3.05, 3.63) is 323 Å². The Balaban J connectivity index is -0.000000216. The molecule has 12 rings (SSSR count). The van der Waals surface area contributed by atoms with Gasteiger partial charge in [-0.05, 0) is 93.7 Å². The van der Waals surface area contributed by atoms with Crippen LogP contribution in [-0.4, -0.2) is 76.0 Å². The van der Waals surface area contributed by atoms with Gasteiger partial charge in [0.1, 0.15) is 0 Å². The molecule has 0 spiro atoms. The van der Waals surface area contributed by atoms with E-state index >= 15 is 0 Å². The zero-order valence-corrected chi connectivity index (χ0v) is 96.3. The van der Waals surface area contributed by atoms with Crippen molar-refractivity contribution in [1.29, 1.82) is 0 Å². The summed E-state index contributed by atoms with van der Waals surface area (Å²) in [7, 11) is 0. The van der Waals surface area contributed by atoms with Crippen molar-refractivity contribution in [3.8, 4) is 0 Å². The molecule has 9 aromatic rings. The summed E-state index contributed by atoms with van der Waals surface area (Å²) in [6.45, 7) is 68.5. The Bertz CT molecular complexity index is 4070. The Kier molecular flexibility index (Phi) is 80.6. The van der Waals surface area contributed by atoms with E-state index in [9.17, 15) is 24.9 Å². The molecule has 718 valence electrons. The first-order valence-electron chi connectivity index (χ1n) is 47.0. The summed E-state index contributed by atoms with van der Waals surface area (Å²) in [5.74, 6) is 1.23. The third-order valence-corrected chi connectivity index (χ3v) is 22.3. The summed E-state index contributed by atoms with van der Waals surface area (Å²) >= 11 is 11.9. The van der Waals surface area contributed by atoms with Gasteiger partial charge in [0, 0.05) is 76.7 Å². The quantitative estimate of drug-likeness (QED) is 0.0238. The third-order valence-electron chi connectivity index (χ3n) is 20.9. The number of ether oxygens (including phenoxy) is 1. The standard InChI is InChI=1S/C18H20ClN.C18H19N.C12H18O.C12H16O.C11H13ClO.C11H15N.C11H16O2.C4H8O.C4H9O.7C2H6.ClH.2K.H2/c1-18(2,14-19)17(16-11-7-4-8-12-16)20-13-15-9-5-3-6-10-15;1-17(2)14-18(17,16-11-7-4-8-12-16)19-13-15-9-5-3-6-10-15;2*1-4-12(2,3)11(13)10-8-6-5-7-9-10;1-11(2,8-12)10(13)9-6-4-3-5-7-9;1-10(2)8-11(10,12)9-6-4-3-5-7-9;1-11(2,8-12)10(13)9-6-4-3-5-7-9;1-2-4-5-3-1;1-4(2,3)5;7*1-2;;;;/h3-12H,13-14H2,1-2H3;3-13H,14H2,1-2H3;5-9,11,13H,4H2,1-3H3;5-9H,4H2,1-3H3;3-7H,8H2,1-2H3;3-7H,8,12H2,1-2H3;3-7,10,12-13H,8H2,1-2H3;1-4H2;1-3H3;7*1-2H3;1H;;;1H/q;;;;;;;;-1;;;;;;;;;2*+1;/p-1. The Hall–Kier alpha value is -4.44. The zero-order chi connectivity index (χ0) is 98.2. The summed E-state index contributed by atoms with van der Waals surface area (Å²) in [6, 6.07) is 89.9. The van der Waals surface area contributed by atoms with Crippen LogP contribution < -0.4 is 126 Å². The molecule has 5 N–H and O–H groups in total. The van der Waals surface area contributed by atoms with Gasteiger partial charge in [-0.25, -0.2) is 0 Å². The van der Waals surface area contributed by atoms with Gasteiger partial charge in [-0.15, -0.1) is 28.8 Å². The summed E-state index contributed by atoms with van der Waals surface area (Å²) in [5.41, 5.74) is 15.2. The van der Waals surface area contributed by atoms with Gasteiger partial charge in [-0.3, -0.25) is 19.6 Å². The summed E-state index contributed by atoms with van der Waals surface area (Å²) < 4.78 is 4.94. The molecule has 0 aromatic heterocycles. The third kappa shape index (κ3) is 53.3. The van der Waals surface area contributed by atoms with Crippen LogP contribution in [0.1, 0.15) is 340 Å². The summed E-state index contributed by atoms with van der Waals surface area (Å²) in [4.78, 5) is 33.5. The molecule has 130 heavy (non-hydrogen) atoms. The number of aliphatic hydroxyl groups is 3. The maximum atomic E-state index is 11.9. The minimum atomic E-state index is -0.750. The fourth-order valence-electron chi connectivity index (χ4n) is 12.0. The molecular formula is C115H178Cl3K2N3O7. The monoisotopic (exact) mass is 1900 g/mol. The molecular weight excluding hydrogens is 1720 g/mol. The number of carbonyl (C=O) groups excluding carboxylic acids is 2. The van der Waals surface area contributed by atoms with Gasteiger partial charge in [0.25, 0.3) is 0 Å². The van der Waals surface area contributed by atoms with Crippen LogP contribution in [0.2, 0.25) is 0 Å². The molecule has 1 saturated heterocycles. The normalized spacial score (nSPS) is 15.2. The first-order chi connectivity index (χ1) is 60.1. The number of hydrogen-bond donors (Lipinski definition) is 4. The van der Waals surface area contributed by atoms with Crippen molar-refractivity contribution in [1.82, 2.24) is 0 Å². The second kappa shape index (κ2) is 75.6. The van der Waals surface area contributed by atoms with Crippen LogP contribution in [0.4, 0.5) is 0 Å². The average Bonchev–Trinajstić information content (AvgIpc) is 1.56. The molecule has 15 heteroatoms. The number of benzene rings is 9. The molecule has 4 atom stereocenters. The maximum absolute atomic E-state index is 11.9. The first kappa shape index (κ1) is 139. The second-order valence-electron chi connectivity index (χ2n) is 35.1. The van der Waals surface area contributed by atoms with E-state index in [0.29, 0.717) is 18.3 Å². The molecule has 0 bridgehead atoms. The number of aliphatic imine (C=N–C) groups is 2. The van der Waals surface area contributed by atoms with Crippen LogP contribution >= 0.6 is 23.2 Å². The number of halogens is 3. The molecule has 4 unspecified atom stereocenters. The van der Waals surface area contributed by atoms with E-state index in [-0.39, 0.29) is 179 Å². The predicted molar refractivity (Wildman–Crippen MR) is 558 cm³/mol.